The van der Waals surface area contributed by atoms with Gasteiger partial charge in [-0.1, -0.05) is 6.92 Å². The van der Waals surface area contributed by atoms with Crippen molar-refractivity contribution >= 4 is 5.97 Å². The van der Waals surface area contributed by atoms with Crippen LogP contribution in [0.15, 0.2) is 0 Å². The third-order valence-electron chi connectivity index (χ3n) is 3.66. The number of esters is 1. The van der Waals surface area contributed by atoms with Crippen LogP contribution in [0, 0.1) is 17.3 Å². The van der Waals surface area contributed by atoms with Crippen LogP contribution < -0.4 is 0 Å². The van der Waals surface area contributed by atoms with Crippen molar-refractivity contribution in [2.24, 2.45) is 17.3 Å². The lowest BCUT2D eigenvalue weighted by Gasteiger charge is -2.16. The molecule has 13 heavy (non-hydrogen) atoms. The number of aliphatic hydroxyl groups is 1. The number of hydrogen-bond donors (Lipinski definition) is 1. The lowest BCUT2D eigenvalue weighted by atomic mass is 9.92. The van der Waals surface area contributed by atoms with Gasteiger partial charge in [-0.25, -0.2) is 0 Å². The first-order valence-corrected chi connectivity index (χ1v) is 4.94. The van der Waals surface area contributed by atoms with Gasteiger partial charge in [-0.2, -0.15) is 0 Å². The largest absolute Gasteiger partial charge is 0.466 e. The van der Waals surface area contributed by atoms with Gasteiger partial charge in [0.15, 0.2) is 0 Å². The van der Waals surface area contributed by atoms with Gasteiger partial charge in [0.2, 0.25) is 0 Å². The van der Waals surface area contributed by atoms with E-state index in [0.717, 1.165) is 6.42 Å². The topological polar surface area (TPSA) is 46.5 Å². The summed E-state index contributed by atoms with van der Waals surface area (Å²) in [6.45, 7) is 4.33. The molecule has 0 aliphatic heterocycles. The van der Waals surface area contributed by atoms with Gasteiger partial charge < -0.3 is 9.84 Å². The summed E-state index contributed by atoms with van der Waals surface area (Å²) in [6.07, 6.45) is 1.30. The summed E-state index contributed by atoms with van der Waals surface area (Å²) >= 11 is 0. The number of hydrogen-bond acceptors (Lipinski definition) is 3. The molecule has 0 heterocycles. The van der Waals surface area contributed by atoms with Gasteiger partial charge in [0.05, 0.1) is 18.6 Å². The van der Waals surface area contributed by atoms with Gasteiger partial charge in [0.1, 0.15) is 0 Å². The Bertz CT molecular complexity index is 238. The Labute approximate surface area is 78.1 Å². The van der Waals surface area contributed by atoms with E-state index >= 15 is 0 Å². The van der Waals surface area contributed by atoms with E-state index in [-0.39, 0.29) is 23.4 Å². The summed E-state index contributed by atoms with van der Waals surface area (Å²) in [7, 11) is 0. The Morgan fingerprint density at radius 2 is 2.38 bits per heavy atom. The van der Waals surface area contributed by atoms with E-state index in [0.29, 0.717) is 18.9 Å². The van der Waals surface area contributed by atoms with Crippen molar-refractivity contribution in [2.75, 3.05) is 6.61 Å². The molecule has 2 aliphatic rings. The third kappa shape index (κ3) is 1.17. The molecule has 0 radical (unpaired) electrons. The SMILES string of the molecule is CCOC(=O)[C@@H]1CC(O)[C@@H]2C[C@]12C. The number of carbonyl (C=O) groups is 1. The van der Waals surface area contributed by atoms with E-state index < -0.39 is 0 Å². The summed E-state index contributed by atoms with van der Waals surface area (Å²) in [4.78, 5) is 11.5. The Balaban J connectivity index is 2.05. The molecule has 0 amide bonds. The predicted molar refractivity (Wildman–Crippen MR) is 47.0 cm³/mol. The third-order valence-corrected chi connectivity index (χ3v) is 3.66. The highest BCUT2D eigenvalue weighted by Gasteiger charge is 2.66. The summed E-state index contributed by atoms with van der Waals surface area (Å²) in [5, 5.41) is 9.58. The number of aliphatic hydroxyl groups excluding tert-OH is 1. The van der Waals surface area contributed by atoms with Gasteiger partial charge in [0, 0.05) is 0 Å². The van der Waals surface area contributed by atoms with Crippen molar-refractivity contribution in [1.29, 1.82) is 0 Å². The van der Waals surface area contributed by atoms with Gasteiger partial charge in [-0.15, -0.1) is 0 Å². The lowest BCUT2D eigenvalue weighted by molar-refractivity contribution is -0.150. The highest BCUT2D eigenvalue weighted by Crippen LogP contribution is 2.66. The van der Waals surface area contributed by atoms with E-state index in [4.69, 9.17) is 4.74 Å². The predicted octanol–water partition coefficient (Wildman–Crippen LogP) is 0.957. The molecule has 2 fully saturated rings. The van der Waals surface area contributed by atoms with Gasteiger partial charge in [-0.05, 0) is 31.1 Å². The smallest absolute Gasteiger partial charge is 0.309 e. The molecule has 0 saturated heterocycles. The molecule has 3 heteroatoms. The Kier molecular flexibility index (Phi) is 1.88. The van der Waals surface area contributed by atoms with E-state index in [9.17, 15) is 9.90 Å². The van der Waals surface area contributed by atoms with E-state index in [2.05, 4.69) is 6.92 Å². The van der Waals surface area contributed by atoms with Crippen molar-refractivity contribution in [2.45, 2.75) is 32.8 Å². The molecular weight excluding hydrogens is 168 g/mol. The fourth-order valence-electron chi connectivity index (χ4n) is 2.67. The van der Waals surface area contributed by atoms with Crippen molar-refractivity contribution in [1.82, 2.24) is 0 Å². The Morgan fingerprint density at radius 1 is 1.69 bits per heavy atom. The quantitative estimate of drug-likeness (QED) is 0.650. The fourth-order valence-corrected chi connectivity index (χ4v) is 2.67. The minimum Gasteiger partial charge on any atom is -0.466 e. The number of ether oxygens (including phenoxy) is 1. The fraction of sp³-hybridized carbons (Fsp3) is 0.900. The monoisotopic (exact) mass is 184 g/mol. The van der Waals surface area contributed by atoms with Crippen LogP contribution in [0.25, 0.3) is 0 Å². The number of fused-ring (bicyclic) bond motifs is 1. The minimum absolute atomic E-state index is 0.0473. The molecule has 4 atom stereocenters. The summed E-state index contributed by atoms with van der Waals surface area (Å²) < 4.78 is 4.99. The highest BCUT2D eigenvalue weighted by molar-refractivity contribution is 5.75. The molecule has 2 aliphatic carbocycles. The summed E-state index contributed by atoms with van der Waals surface area (Å²) in [6, 6.07) is 0. The van der Waals surface area contributed by atoms with Crippen molar-refractivity contribution < 1.29 is 14.6 Å². The molecule has 1 N–H and O–H groups in total. The second-order valence-corrected chi connectivity index (χ2v) is 4.42. The molecule has 0 bridgehead atoms. The second-order valence-electron chi connectivity index (χ2n) is 4.42. The van der Waals surface area contributed by atoms with Gasteiger partial charge in [0.25, 0.3) is 0 Å². The first-order chi connectivity index (χ1) is 6.09. The van der Waals surface area contributed by atoms with E-state index in [1.807, 2.05) is 6.92 Å². The zero-order valence-electron chi connectivity index (χ0n) is 8.12. The Morgan fingerprint density at radius 3 is 2.77 bits per heavy atom. The molecule has 74 valence electrons. The number of carbonyl (C=O) groups excluding carboxylic acids is 1. The normalized spacial score (nSPS) is 47.2. The zero-order valence-corrected chi connectivity index (χ0v) is 8.12. The molecule has 1 unspecified atom stereocenters. The average molecular weight is 184 g/mol. The van der Waals surface area contributed by atoms with Gasteiger partial charge >= 0.3 is 5.97 Å². The molecular formula is C10H16O3. The van der Waals surface area contributed by atoms with Crippen molar-refractivity contribution in [3.63, 3.8) is 0 Å². The van der Waals surface area contributed by atoms with Crippen LogP contribution in [0.3, 0.4) is 0 Å². The molecule has 0 aromatic carbocycles. The summed E-state index contributed by atoms with van der Waals surface area (Å²) in [5.74, 6) is 0.165. The van der Waals surface area contributed by atoms with Crippen molar-refractivity contribution in [3.05, 3.63) is 0 Å². The standard InChI is InChI=1S/C10H16O3/c1-3-13-9(12)6-4-8(11)7-5-10(6,7)2/h6-8,11H,3-5H2,1-2H3/t6-,7-,8?,10+/m0/s1. The molecule has 0 spiro atoms. The maximum atomic E-state index is 11.5. The van der Waals surface area contributed by atoms with Crippen LogP contribution >= 0.6 is 0 Å². The van der Waals surface area contributed by atoms with Crippen LogP contribution in [0.4, 0.5) is 0 Å². The molecule has 3 nitrogen and oxygen atoms in total. The first-order valence-electron chi connectivity index (χ1n) is 4.94. The lowest BCUT2D eigenvalue weighted by Crippen LogP contribution is -2.23. The van der Waals surface area contributed by atoms with Crippen LogP contribution in [0.5, 0.6) is 0 Å². The zero-order chi connectivity index (χ0) is 9.64. The Hall–Kier alpha value is -0.570. The van der Waals surface area contributed by atoms with Crippen LogP contribution in [0.2, 0.25) is 0 Å². The van der Waals surface area contributed by atoms with Crippen molar-refractivity contribution in [3.8, 4) is 0 Å². The summed E-state index contributed by atoms with van der Waals surface area (Å²) in [5.41, 5.74) is 0.0473. The maximum Gasteiger partial charge on any atom is 0.309 e. The second kappa shape index (κ2) is 2.71. The van der Waals surface area contributed by atoms with Crippen LogP contribution in [-0.2, 0) is 9.53 Å². The minimum atomic E-state index is -0.278. The molecule has 0 aromatic heterocycles. The maximum absolute atomic E-state index is 11.5. The van der Waals surface area contributed by atoms with E-state index in [1.54, 1.807) is 0 Å². The molecule has 2 rings (SSSR count). The highest BCUT2D eigenvalue weighted by atomic mass is 16.5. The first kappa shape index (κ1) is 9.00. The van der Waals surface area contributed by atoms with Gasteiger partial charge in [-0.3, -0.25) is 4.79 Å². The average Bonchev–Trinajstić information content (AvgIpc) is 2.68. The van der Waals surface area contributed by atoms with Crippen LogP contribution in [-0.4, -0.2) is 23.8 Å². The van der Waals surface area contributed by atoms with Crippen LogP contribution in [0.1, 0.15) is 26.7 Å². The number of rotatable bonds is 2. The van der Waals surface area contributed by atoms with E-state index in [1.165, 1.54) is 0 Å². The molecule has 2 saturated carbocycles. The molecule has 0 aromatic rings.